The van der Waals surface area contributed by atoms with E-state index in [2.05, 4.69) is 20.8 Å². The molecule has 0 unspecified atom stereocenters. The Balaban J connectivity index is 1.74. The number of ketones is 1. The summed E-state index contributed by atoms with van der Waals surface area (Å²) in [5.74, 6) is -0.0419. The van der Waals surface area contributed by atoms with Crippen LogP contribution in [0.5, 0.6) is 0 Å². The van der Waals surface area contributed by atoms with Crippen LogP contribution in [0.1, 0.15) is 24.2 Å². The van der Waals surface area contributed by atoms with Crippen molar-refractivity contribution in [3.63, 3.8) is 0 Å². The Morgan fingerprint density at radius 2 is 1.65 bits per heavy atom. The molecule has 7 nitrogen and oxygen atoms in total. The minimum atomic E-state index is -0.515. The number of imide groups is 1. The van der Waals surface area contributed by atoms with Crippen LogP contribution in [0.3, 0.4) is 0 Å². The molecule has 10 heteroatoms. The molecule has 0 atom stereocenters. The van der Waals surface area contributed by atoms with E-state index in [4.69, 9.17) is 0 Å². The number of amides is 3. The Kier molecular flexibility index (Phi) is 8.07. The fourth-order valence-electron chi connectivity index (χ4n) is 1.74. The minimum absolute atomic E-state index is 0.0237. The molecule has 0 radical (unpaired) electrons. The number of hydrogen-bond acceptors (Lipinski definition) is 8. The van der Waals surface area contributed by atoms with Gasteiger partial charge in [-0.05, 0) is 13.8 Å². The molecule has 1 aromatic heterocycles. The molecule has 1 heterocycles. The van der Waals surface area contributed by atoms with Crippen molar-refractivity contribution in [2.45, 2.75) is 28.6 Å². The monoisotopic (exact) mass is 410 g/mol. The first-order chi connectivity index (χ1) is 12.4. The third kappa shape index (κ3) is 7.14. The van der Waals surface area contributed by atoms with Gasteiger partial charge < -0.3 is 5.32 Å². The fraction of sp³-hybridized carbons (Fsp3) is 0.312. The lowest BCUT2D eigenvalue weighted by Crippen LogP contribution is -2.43. The molecule has 0 saturated heterocycles. The number of aromatic nitrogens is 2. The highest BCUT2D eigenvalue weighted by Crippen LogP contribution is 2.29. The molecular weight excluding hydrogens is 392 g/mol. The number of carbonyl (C=O) groups is 3. The molecular formula is C16H18N4O3S3. The van der Waals surface area contributed by atoms with Gasteiger partial charge in [-0.2, -0.15) is 0 Å². The van der Waals surface area contributed by atoms with Crippen molar-refractivity contribution in [2.24, 2.45) is 0 Å². The second kappa shape index (κ2) is 10.3. The van der Waals surface area contributed by atoms with Crippen LogP contribution in [0, 0.1) is 0 Å². The molecule has 1 aromatic carbocycles. The lowest BCUT2D eigenvalue weighted by Gasteiger charge is -2.08. The van der Waals surface area contributed by atoms with Gasteiger partial charge in [0.2, 0.25) is 5.91 Å². The zero-order valence-corrected chi connectivity index (χ0v) is 16.7. The zero-order chi connectivity index (χ0) is 18.9. The summed E-state index contributed by atoms with van der Waals surface area (Å²) in [4.78, 5) is 35.2. The van der Waals surface area contributed by atoms with Crippen LogP contribution in [0.2, 0.25) is 0 Å². The third-order valence-electron chi connectivity index (χ3n) is 2.81. The molecule has 0 aliphatic carbocycles. The minimum Gasteiger partial charge on any atom is -0.336 e. The van der Waals surface area contributed by atoms with E-state index < -0.39 is 11.9 Å². The van der Waals surface area contributed by atoms with Crippen molar-refractivity contribution in [3.05, 3.63) is 35.9 Å². The number of nitrogens with one attached hydrogen (secondary N) is 2. The van der Waals surface area contributed by atoms with Crippen molar-refractivity contribution in [3.8, 4) is 0 Å². The van der Waals surface area contributed by atoms with Crippen molar-refractivity contribution in [1.29, 1.82) is 0 Å². The van der Waals surface area contributed by atoms with Crippen LogP contribution in [0.4, 0.5) is 4.79 Å². The van der Waals surface area contributed by atoms with Crippen molar-refractivity contribution >= 4 is 52.6 Å². The Labute approximate surface area is 163 Å². The maximum atomic E-state index is 12.1. The van der Waals surface area contributed by atoms with E-state index in [1.807, 2.05) is 32.0 Å². The van der Waals surface area contributed by atoms with Gasteiger partial charge >= 0.3 is 6.03 Å². The molecule has 0 spiro atoms. The van der Waals surface area contributed by atoms with Gasteiger partial charge in [0, 0.05) is 11.6 Å². The summed E-state index contributed by atoms with van der Waals surface area (Å²) in [5.41, 5.74) is 0.662. The summed E-state index contributed by atoms with van der Waals surface area (Å²) in [5, 5.41) is 12.8. The van der Waals surface area contributed by atoms with Crippen LogP contribution >= 0.6 is 34.9 Å². The maximum absolute atomic E-state index is 12.1. The van der Waals surface area contributed by atoms with Crippen LogP contribution in [0.25, 0.3) is 0 Å². The second-order valence-electron chi connectivity index (χ2n) is 5.38. The maximum Gasteiger partial charge on any atom is 0.321 e. The lowest BCUT2D eigenvalue weighted by molar-refractivity contribution is -0.117. The Morgan fingerprint density at radius 3 is 2.27 bits per heavy atom. The molecule has 0 saturated carbocycles. The van der Waals surface area contributed by atoms with Gasteiger partial charge in [-0.25, -0.2) is 4.79 Å². The van der Waals surface area contributed by atoms with E-state index in [1.54, 1.807) is 12.1 Å². The van der Waals surface area contributed by atoms with E-state index >= 15 is 0 Å². The Hall–Kier alpha value is -1.91. The van der Waals surface area contributed by atoms with E-state index in [-0.39, 0.29) is 23.3 Å². The largest absolute Gasteiger partial charge is 0.336 e. The third-order valence-corrected chi connectivity index (χ3v) is 6.00. The van der Waals surface area contributed by atoms with Crippen molar-refractivity contribution < 1.29 is 14.4 Å². The average Bonchev–Trinajstić information content (AvgIpc) is 3.06. The highest BCUT2D eigenvalue weighted by atomic mass is 32.2. The SMILES string of the molecule is CC(C)NC(=O)NC(=O)CSc1nnc(SCC(=O)c2ccccc2)s1. The number of nitrogens with zero attached hydrogens (tertiary/aromatic N) is 2. The van der Waals surface area contributed by atoms with Gasteiger partial charge in [0.1, 0.15) is 0 Å². The molecule has 26 heavy (non-hydrogen) atoms. The quantitative estimate of drug-likeness (QED) is 0.510. The summed E-state index contributed by atoms with van der Waals surface area (Å²) >= 11 is 3.82. The first-order valence-electron chi connectivity index (χ1n) is 7.71. The first kappa shape index (κ1) is 20.4. The van der Waals surface area contributed by atoms with E-state index in [0.29, 0.717) is 14.2 Å². The van der Waals surface area contributed by atoms with Crippen LogP contribution < -0.4 is 10.6 Å². The van der Waals surface area contributed by atoms with E-state index in [9.17, 15) is 14.4 Å². The molecule has 2 aromatic rings. The molecule has 0 bridgehead atoms. The summed E-state index contributed by atoms with van der Waals surface area (Å²) in [6, 6.07) is 8.50. The summed E-state index contributed by atoms with van der Waals surface area (Å²) in [6.45, 7) is 3.61. The number of carbonyl (C=O) groups excluding carboxylic acids is 3. The molecule has 2 N–H and O–H groups in total. The normalized spacial score (nSPS) is 10.6. The number of thioether (sulfide) groups is 2. The predicted octanol–water partition coefficient (Wildman–Crippen LogP) is 2.84. The van der Waals surface area contributed by atoms with Gasteiger partial charge in [-0.1, -0.05) is 65.2 Å². The van der Waals surface area contributed by atoms with E-state index in [0.717, 1.165) is 0 Å². The van der Waals surface area contributed by atoms with Crippen molar-refractivity contribution in [1.82, 2.24) is 20.8 Å². The van der Waals surface area contributed by atoms with Gasteiger partial charge in [0.05, 0.1) is 11.5 Å². The second-order valence-corrected chi connectivity index (χ2v) is 8.80. The molecule has 2 rings (SSSR count). The average molecular weight is 411 g/mol. The molecule has 0 fully saturated rings. The summed E-state index contributed by atoms with van der Waals surface area (Å²) in [7, 11) is 0. The van der Waals surface area contributed by atoms with Gasteiger partial charge in [0.15, 0.2) is 14.5 Å². The first-order valence-corrected chi connectivity index (χ1v) is 10.5. The Bertz CT molecular complexity index is 765. The molecule has 0 aliphatic heterocycles. The van der Waals surface area contributed by atoms with Crippen LogP contribution in [-0.4, -0.2) is 45.5 Å². The number of hydrogen-bond donors (Lipinski definition) is 2. The highest BCUT2D eigenvalue weighted by Gasteiger charge is 2.13. The van der Waals surface area contributed by atoms with Crippen LogP contribution in [0.15, 0.2) is 39.0 Å². The highest BCUT2D eigenvalue weighted by molar-refractivity contribution is 8.03. The Morgan fingerprint density at radius 1 is 1.04 bits per heavy atom. The smallest absolute Gasteiger partial charge is 0.321 e. The molecule has 3 amide bonds. The fourth-order valence-corrected chi connectivity index (χ4v) is 4.45. The topological polar surface area (TPSA) is 101 Å². The van der Waals surface area contributed by atoms with E-state index in [1.165, 1.54) is 34.9 Å². The van der Waals surface area contributed by atoms with Gasteiger partial charge in [-0.3, -0.25) is 14.9 Å². The van der Waals surface area contributed by atoms with Gasteiger partial charge in [-0.15, -0.1) is 10.2 Å². The zero-order valence-electron chi connectivity index (χ0n) is 14.2. The van der Waals surface area contributed by atoms with Crippen LogP contribution in [-0.2, 0) is 4.79 Å². The van der Waals surface area contributed by atoms with Crippen molar-refractivity contribution in [2.75, 3.05) is 11.5 Å². The number of Topliss-reactive ketones (excluding diaryl/α,β-unsaturated/α-hetero) is 1. The molecule has 0 aliphatic rings. The van der Waals surface area contributed by atoms with Gasteiger partial charge in [0.25, 0.3) is 0 Å². The lowest BCUT2D eigenvalue weighted by atomic mass is 10.2. The number of urea groups is 1. The number of rotatable bonds is 8. The summed E-state index contributed by atoms with van der Waals surface area (Å²) < 4.78 is 1.27. The molecule has 138 valence electrons. The standard InChI is InChI=1S/C16H18N4O3S3/c1-10(2)17-14(23)18-13(22)9-25-16-20-19-15(26-16)24-8-12(21)11-6-4-3-5-7-11/h3-7,10H,8-9H2,1-2H3,(H2,17,18,22,23). The predicted molar refractivity (Wildman–Crippen MR) is 104 cm³/mol. The summed E-state index contributed by atoms with van der Waals surface area (Å²) in [6.07, 6.45) is 0. The number of benzene rings is 1.